The lowest BCUT2D eigenvalue weighted by molar-refractivity contribution is 0.329. The number of aromatic nitrogens is 1. The summed E-state index contributed by atoms with van der Waals surface area (Å²) >= 11 is 0. The van der Waals surface area contributed by atoms with Gasteiger partial charge >= 0.3 is 0 Å². The van der Waals surface area contributed by atoms with E-state index in [2.05, 4.69) is 46.5 Å². The van der Waals surface area contributed by atoms with Crippen molar-refractivity contribution in [1.82, 2.24) is 15.2 Å². The molecule has 0 bridgehead atoms. The maximum Gasteiger partial charge on any atom is 0.0346 e. The molecule has 3 nitrogen and oxygen atoms in total. The first-order valence-electron chi connectivity index (χ1n) is 5.96. The Morgan fingerprint density at radius 2 is 2.06 bits per heavy atom. The van der Waals surface area contributed by atoms with E-state index in [0.29, 0.717) is 0 Å². The Kier molecular flexibility index (Phi) is 4.07. The van der Waals surface area contributed by atoms with Crippen LogP contribution < -0.4 is 5.32 Å². The Morgan fingerprint density at radius 1 is 1.24 bits per heavy atom. The summed E-state index contributed by atoms with van der Waals surface area (Å²) in [6.45, 7) is 2.99. The summed E-state index contributed by atoms with van der Waals surface area (Å²) < 4.78 is 0. The molecule has 0 atom stereocenters. The smallest absolute Gasteiger partial charge is 0.0346 e. The molecule has 0 radical (unpaired) electrons. The summed E-state index contributed by atoms with van der Waals surface area (Å²) in [6.07, 6.45) is 3.89. The molecule has 0 unspecified atom stereocenters. The number of fused-ring (bicyclic) bond motifs is 1. The Labute approximate surface area is 102 Å². The molecule has 0 saturated heterocycles. The van der Waals surface area contributed by atoms with Gasteiger partial charge in [0, 0.05) is 37.4 Å². The molecule has 0 fully saturated rings. The van der Waals surface area contributed by atoms with Crippen LogP contribution in [0.2, 0.25) is 0 Å². The number of likely N-dealkylation sites (N-methyl/N-ethyl adjacent to an activating group) is 2. The van der Waals surface area contributed by atoms with Crippen LogP contribution >= 0.6 is 0 Å². The van der Waals surface area contributed by atoms with Gasteiger partial charge in [0.05, 0.1) is 0 Å². The summed E-state index contributed by atoms with van der Waals surface area (Å²) in [4.78, 5) is 6.61. The SMILES string of the molecule is CNCCN(C)Cc1cncc2ccccc12. The second-order valence-corrected chi connectivity index (χ2v) is 4.36. The predicted molar refractivity (Wildman–Crippen MR) is 72.0 cm³/mol. The number of hydrogen-bond donors (Lipinski definition) is 1. The molecule has 1 aromatic carbocycles. The van der Waals surface area contributed by atoms with Crippen LogP contribution in [0.5, 0.6) is 0 Å². The lowest BCUT2D eigenvalue weighted by Crippen LogP contribution is -2.27. The Hall–Kier alpha value is -1.45. The first kappa shape index (κ1) is 12.0. The molecule has 0 saturated carbocycles. The van der Waals surface area contributed by atoms with Crippen molar-refractivity contribution in [3.63, 3.8) is 0 Å². The van der Waals surface area contributed by atoms with Crippen molar-refractivity contribution in [2.75, 3.05) is 27.2 Å². The van der Waals surface area contributed by atoms with Crippen molar-refractivity contribution in [1.29, 1.82) is 0 Å². The third-order valence-corrected chi connectivity index (χ3v) is 2.93. The van der Waals surface area contributed by atoms with Gasteiger partial charge in [-0.15, -0.1) is 0 Å². The number of pyridine rings is 1. The molecular weight excluding hydrogens is 210 g/mol. The van der Waals surface area contributed by atoms with E-state index in [0.717, 1.165) is 19.6 Å². The quantitative estimate of drug-likeness (QED) is 0.848. The standard InChI is InChI=1S/C14H19N3/c1-15-7-8-17(2)11-13-10-16-9-12-5-3-4-6-14(12)13/h3-6,9-10,15H,7-8,11H2,1-2H3. The fourth-order valence-corrected chi connectivity index (χ4v) is 1.98. The van der Waals surface area contributed by atoms with Crippen LogP contribution in [0.4, 0.5) is 0 Å². The van der Waals surface area contributed by atoms with Crippen LogP contribution in [-0.4, -0.2) is 37.1 Å². The van der Waals surface area contributed by atoms with Gasteiger partial charge in [-0.05, 0) is 25.0 Å². The first-order valence-corrected chi connectivity index (χ1v) is 5.96. The van der Waals surface area contributed by atoms with Crippen molar-refractivity contribution >= 4 is 10.8 Å². The van der Waals surface area contributed by atoms with Crippen molar-refractivity contribution in [2.45, 2.75) is 6.54 Å². The maximum absolute atomic E-state index is 4.30. The van der Waals surface area contributed by atoms with Gasteiger partial charge in [-0.2, -0.15) is 0 Å². The van der Waals surface area contributed by atoms with Gasteiger partial charge < -0.3 is 10.2 Å². The fraction of sp³-hybridized carbons (Fsp3) is 0.357. The van der Waals surface area contributed by atoms with E-state index in [-0.39, 0.29) is 0 Å². The summed E-state index contributed by atoms with van der Waals surface area (Å²) in [5.74, 6) is 0. The minimum Gasteiger partial charge on any atom is -0.318 e. The third kappa shape index (κ3) is 3.02. The lowest BCUT2D eigenvalue weighted by Gasteiger charge is -2.17. The van der Waals surface area contributed by atoms with Gasteiger partial charge in [0.1, 0.15) is 0 Å². The van der Waals surface area contributed by atoms with Gasteiger partial charge in [0.2, 0.25) is 0 Å². The monoisotopic (exact) mass is 229 g/mol. The predicted octanol–water partition coefficient (Wildman–Crippen LogP) is 1.89. The van der Waals surface area contributed by atoms with Gasteiger partial charge in [0.25, 0.3) is 0 Å². The first-order chi connectivity index (χ1) is 8.31. The normalized spacial score (nSPS) is 11.2. The van der Waals surface area contributed by atoms with E-state index < -0.39 is 0 Å². The molecule has 0 aliphatic carbocycles. The molecule has 1 aromatic heterocycles. The molecule has 1 N–H and O–H groups in total. The van der Waals surface area contributed by atoms with Crippen molar-refractivity contribution in [3.8, 4) is 0 Å². The number of benzene rings is 1. The summed E-state index contributed by atoms with van der Waals surface area (Å²) in [6, 6.07) is 8.41. The number of nitrogens with one attached hydrogen (secondary N) is 1. The maximum atomic E-state index is 4.30. The zero-order valence-corrected chi connectivity index (χ0v) is 10.5. The Balaban J connectivity index is 2.18. The molecule has 0 amide bonds. The van der Waals surface area contributed by atoms with Crippen molar-refractivity contribution in [2.24, 2.45) is 0 Å². The summed E-state index contributed by atoms with van der Waals surface area (Å²) in [5.41, 5.74) is 1.29. The molecule has 17 heavy (non-hydrogen) atoms. The van der Waals surface area contributed by atoms with Crippen LogP contribution in [0.25, 0.3) is 10.8 Å². The Morgan fingerprint density at radius 3 is 2.88 bits per heavy atom. The lowest BCUT2D eigenvalue weighted by atomic mass is 10.1. The van der Waals surface area contributed by atoms with Gasteiger partial charge in [-0.3, -0.25) is 4.98 Å². The number of nitrogens with zero attached hydrogens (tertiary/aromatic N) is 2. The van der Waals surface area contributed by atoms with Crippen LogP contribution in [-0.2, 0) is 6.54 Å². The Bertz CT molecular complexity index is 476. The van der Waals surface area contributed by atoms with Crippen LogP contribution in [0.1, 0.15) is 5.56 Å². The van der Waals surface area contributed by atoms with Gasteiger partial charge in [-0.1, -0.05) is 24.3 Å². The highest BCUT2D eigenvalue weighted by Gasteiger charge is 2.04. The largest absolute Gasteiger partial charge is 0.318 e. The summed E-state index contributed by atoms with van der Waals surface area (Å²) in [7, 11) is 4.12. The van der Waals surface area contributed by atoms with Crippen LogP contribution in [0.3, 0.4) is 0 Å². The average Bonchev–Trinajstić information content (AvgIpc) is 2.37. The third-order valence-electron chi connectivity index (χ3n) is 2.93. The highest BCUT2D eigenvalue weighted by Crippen LogP contribution is 2.17. The van der Waals surface area contributed by atoms with E-state index >= 15 is 0 Å². The molecule has 0 spiro atoms. The van der Waals surface area contributed by atoms with Crippen molar-refractivity contribution < 1.29 is 0 Å². The van der Waals surface area contributed by atoms with Crippen molar-refractivity contribution in [3.05, 3.63) is 42.2 Å². The van der Waals surface area contributed by atoms with E-state index in [1.807, 2.05) is 19.4 Å². The van der Waals surface area contributed by atoms with E-state index in [4.69, 9.17) is 0 Å². The second-order valence-electron chi connectivity index (χ2n) is 4.36. The molecular formula is C14H19N3. The zero-order valence-electron chi connectivity index (χ0n) is 10.5. The average molecular weight is 229 g/mol. The zero-order chi connectivity index (χ0) is 12.1. The topological polar surface area (TPSA) is 28.2 Å². The summed E-state index contributed by atoms with van der Waals surface area (Å²) in [5, 5.41) is 5.68. The highest BCUT2D eigenvalue weighted by atomic mass is 15.1. The number of hydrogen-bond acceptors (Lipinski definition) is 3. The molecule has 0 aliphatic heterocycles. The minimum atomic E-state index is 0.941. The molecule has 2 aromatic rings. The van der Waals surface area contributed by atoms with E-state index in [9.17, 15) is 0 Å². The van der Waals surface area contributed by atoms with Crippen LogP contribution in [0.15, 0.2) is 36.7 Å². The number of rotatable bonds is 5. The molecule has 2 rings (SSSR count). The fourth-order valence-electron chi connectivity index (χ4n) is 1.98. The van der Waals surface area contributed by atoms with Gasteiger partial charge in [0.15, 0.2) is 0 Å². The van der Waals surface area contributed by atoms with Gasteiger partial charge in [-0.25, -0.2) is 0 Å². The molecule has 90 valence electrons. The molecule has 3 heteroatoms. The van der Waals surface area contributed by atoms with E-state index in [1.165, 1.54) is 16.3 Å². The molecule has 1 heterocycles. The van der Waals surface area contributed by atoms with E-state index in [1.54, 1.807) is 0 Å². The minimum absolute atomic E-state index is 0.941. The highest BCUT2D eigenvalue weighted by molar-refractivity contribution is 5.84. The second kappa shape index (κ2) is 5.75. The molecule has 0 aliphatic rings. The van der Waals surface area contributed by atoms with Crippen LogP contribution in [0, 0.1) is 0 Å².